The van der Waals surface area contributed by atoms with E-state index in [2.05, 4.69) is 18.2 Å². The zero-order valence-corrected chi connectivity index (χ0v) is 14.1. The molecule has 0 bridgehead atoms. The highest BCUT2D eigenvalue weighted by molar-refractivity contribution is 5.99. The fourth-order valence-electron chi connectivity index (χ4n) is 4.07. The third-order valence-corrected chi connectivity index (χ3v) is 5.25. The minimum absolute atomic E-state index is 0.0825. The Labute approximate surface area is 146 Å². The average Bonchev–Trinajstić information content (AvgIpc) is 2.59. The molecule has 0 spiro atoms. The lowest BCUT2D eigenvalue weighted by Gasteiger charge is -2.39. The number of hydrogen-bond donors (Lipinski definition) is 1. The first kappa shape index (κ1) is 15.9. The van der Waals surface area contributed by atoms with E-state index in [1.807, 2.05) is 37.3 Å². The van der Waals surface area contributed by atoms with Crippen LogP contribution in [0.2, 0.25) is 0 Å². The summed E-state index contributed by atoms with van der Waals surface area (Å²) in [6, 6.07) is 16.5. The molecule has 4 nitrogen and oxygen atoms in total. The van der Waals surface area contributed by atoms with Gasteiger partial charge >= 0.3 is 0 Å². The number of benzene rings is 2. The van der Waals surface area contributed by atoms with Crippen LogP contribution < -0.4 is 5.73 Å². The predicted octanol–water partition coefficient (Wildman–Crippen LogP) is 3.63. The van der Waals surface area contributed by atoms with E-state index >= 15 is 0 Å². The molecular weight excluding hydrogens is 312 g/mol. The summed E-state index contributed by atoms with van der Waals surface area (Å²) < 4.78 is 5.79. The topological polar surface area (TPSA) is 76.1 Å². The summed E-state index contributed by atoms with van der Waals surface area (Å²) in [5.74, 6) is 0.111. The second-order valence-corrected chi connectivity index (χ2v) is 7.10. The highest BCUT2D eigenvalue weighted by atomic mass is 16.5. The Bertz CT molecular complexity index is 925. The molecular formula is C21H20N2O2. The van der Waals surface area contributed by atoms with Crippen molar-refractivity contribution >= 4 is 16.6 Å². The summed E-state index contributed by atoms with van der Waals surface area (Å²) >= 11 is 0. The summed E-state index contributed by atoms with van der Waals surface area (Å²) in [5, 5.41) is 11.9. The van der Waals surface area contributed by atoms with Crippen LogP contribution in [0.1, 0.15) is 31.2 Å². The smallest absolute Gasteiger partial charge is 0.164 e. The van der Waals surface area contributed by atoms with E-state index in [4.69, 9.17) is 10.5 Å². The number of carbonyl (C=O) groups is 1. The van der Waals surface area contributed by atoms with Gasteiger partial charge in [-0.2, -0.15) is 5.26 Å². The summed E-state index contributed by atoms with van der Waals surface area (Å²) in [6.45, 7) is 2.04. The molecule has 4 atom stereocenters. The van der Waals surface area contributed by atoms with Gasteiger partial charge < -0.3 is 4.74 Å². The van der Waals surface area contributed by atoms with Gasteiger partial charge in [-0.25, -0.2) is 0 Å². The Morgan fingerprint density at radius 2 is 1.92 bits per heavy atom. The Kier molecular flexibility index (Phi) is 3.82. The lowest BCUT2D eigenvalue weighted by molar-refractivity contribution is -0.118. The van der Waals surface area contributed by atoms with Crippen molar-refractivity contribution in [1.82, 2.24) is 0 Å². The van der Waals surface area contributed by atoms with Gasteiger partial charge in [0.25, 0.3) is 0 Å². The van der Waals surface area contributed by atoms with E-state index < -0.39 is 12.1 Å². The molecule has 4 rings (SSSR count). The summed E-state index contributed by atoms with van der Waals surface area (Å²) in [4.78, 5) is 12.8. The third-order valence-electron chi connectivity index (χ3n) is 5.25. The normalized spacial score (nSPS) is 29.1. The molecule has 126 valence electrons. The van der Waals surface area contributed by atoms with Gasteiger partial charge in [-0.15, -0.1) is 0 Å². The monoisotopic (exact) mass is 332 g/mol. The molecule has 2 N–H and O–H groups in total. The van der Waals surface area contributed by atoms with Crippen LogP contribution in [0.3, 0.4) is 0 Å². The van der Waals surface area contributed by atoms with Crippen LogP contribution in [0.15, 0.2) is 53.8 Å². The molecule has 2 aromatic rings. The molecule has 0 fully saturated rings. The number of ether oxygens (including phenoxy) is 1. The number of nitrogens with zero attached hydrogens (tertiary/aromatic N) is 1. The van der Waals surface area contributed by atoms with Crippen molar-refractivity contribution in [2.45, 2.75) is 31.9 Å². The number of fused-ring (bicyclic) bond motifs is 1. The van der Waals surface area contributed by atoms with Crippen LogP contribution in [-0.4, -0.2) is 12.0 Å². The van der Waals surface area contributed by atoms with Gasteiger partial charge in [-0.1, -0.05) is 49.4 Å². The van der Waals surface area contributed by atoms with E-state index in [0.29, 0.717) is 24.2 Å². The Morgan fingerprint density at radius 1 is 1.16 bits per heavy atom. The van der Waals surface area contributed by atoms with Crippen molar-refractivity contribution in [3.05, 3.63) is 59.4 Å². The maximum atomic E-state index is 12.8. The standard InChI is InChI=1S/C21H20N2O2/c1-12-8-17(24)20-18(9-12)25-21(23)16(11-22)19(20)15-7-6-13-4-2-3-5-14(13)10-15/h2-7,10,12,16,19,21H,8-9,23H2,1H3/t12-,16+,19+,21+/m1/s1. The quantitative estimate of drug-likeness (QED) is 0.865. The molecule has 0 amide bonds. The predicted molar refractivity (Wildman–Crippen MR) is 95.3 cm³/mol. The Morgan fingerprint density at radius 3 is 2.68 bits per heavy atom. The summed E-state index contributed by atoms with van der Waals surface area (Å²) in [6.07, 6.45) is 0.495. The zero-order valence-electron chi connectivity index (χ0n) is 14.1. The van der Waals surface area contributed by atoms with Crippen LogP contribution in [0.5, 0.6) is 0 Å². The summed E-state index contributed by atoms with van der Waals surface area (Å²) in [7, 11) is 0. The molecule has 0 saturated heterocycles. The van der Waals surface area contributed by atoms with Crippen LogP contribution in [0.25, 0.3) is 10.8 Å². The van der Waals surface area contributed by atoms with Crippen molar-refractivity contribution in [1.29, 1.82) is 5.26 Å². The van der Waals surface area contributed by atoms with Gasteiger partial charge in [0, 0.05) is 24.3 Å². The molecule has 1 aliphatic carbocycles. The number of rotatable bonds is 1. The van der Waals surface area contributed by atoms with Crippen molar-refractivity contribution in [3.63, 3.8) is 0 Å². The number of ketones is 1. The number of carbonyl (C=O) groups excluding carboxylic acids is 1. The molecule has 1 aliphatic heterocycles. The number of nitrogens with two attached hydrogens (primary N) is 1. The fourth-order valence-corrected chi connectivity index (χ4v) is 4.07. The summed E-state index contributed by atoms with van der Waals surface area (Å²) in [5.41, 5.74) is 7.75. The Hall–Kier alpha value is -2.64. The number of hydrogen-bond acceptors (Lipinski definition) is 4. The molecule has 2 aliphatic rings. The van der Waals surface area contributed by atoms with Crippen LogP contribution >= 0.6 is 0 Å². The van der Waals surface area contributed by atoms with Gasteiger partial charge in [0.2, 0.25) is 0 Å². The molecule has 4 heteroatoms. The highest BCUT2D eigenvalue weighted by Crippen LogP contribution is 2.45. The minimum atomic E-state index is -0.710. The molecule has 1 heterocycles. The van der Waals surface area contributed by atoms with Crippen molar-refractivity contribution in [2.24, 2.45) is 17.6 Å². The first-order valence-corrected chi connectivity index (χ1v) is 8.65. The molecule has 0 radical (unpaired) electrons. The largest absolute Gasteiger partial charge is 0.478 e. The minimum Gasteiger partial charge on any atom is -0.478 e. The third kappa shape index (κ3) is 2.61. The van der Waals surface area contributed by atoms with E-state index in [-0.39, 0.29) is 17.6 Å². The highest BCUT2D eigenvalue weighted by Gasteiger charge is 2.44. The first-order chi connectivity index (χ1) is 12.1. The second-order valence-electron chi connectivity index (χ2n) is 7.10. The fraction of sp³-hybridized carbons (Fsp3) is 0.333. The van der Waals surface area contributed by atoms with Gasteiger partial charge in [0.1, 0.15) is 11.7 Å². The van der Waals surface area contributed by atoms with Crippen LogP contribution in [-0.2, 0) is 9.53 Å². The van der Waals surface area contributed by atoms with Crippen molar-refractivity contribution < 1.29 is 9.53 Å². The lowest BCUT2D eigenvalue weighted by atomic mass is 9.72. The zero-order chi connectivity index (χ0) is 17.6. The van der Waals surface area contributed by atoms with E-state index in [9.17, 15) is 10.1 Å². The van der Waals surface area contributed by atoms with E-state index in [0.717, 1.165) is 16.3 Å². The lowest BCUT2D eigenvalue weighted by Crippen LogP contribution is -2.43. The maximum absolute atomic E-state index is 12.8. The average molecular weight is 332 g/mol. The maximum Gasteiger partial charge on any atom is 0.164 e. The first-order valence-electron chi connectivity index (χ1n) is 8.65. The van der Waals surface area contributed by atoms with Gasteiger partial charge in [-0.3, -0.25) is 10.5 Å². The molecule has 0 unspecified atom stereocenters. The van der Waals surface area contributed by atoms with Gasteiger partial charge in [0.05, 0.1) is 6.07 Å². The van der Waals surface area contributed by atoms with Crippen LogP contribution in [0.4, 0.5) is 0 Å². The van der Waals surface area contributed by atoms with E-state index in [1.165, 1.54) is 0 Å². The van der Waals surface area contributed by atoms with E-state index in [1.54, 1.807) is 0 Å². The number of Topliss-reactive ketones (excluding diaryl/α,β-unsaturated/α-hetero) is 1. The number of allylic oxidation sites excluding steroid dienone is 2. The van der Waals surface area contributed by atoms with Crippen LogP contribution in [0, 0.1) is 23.2 Å². The molecule has 0 saturated carbocycles. The number of nitriles is 1. The molecule has 2 aromatic carbocycles. The molecule has 0 aromatic heterocycles. The Balaban J connectivity index is 1.89. The van der Waals surface area contributed by atoms with Crippen molar-refractivity contribution in [2.75, 3.05) is 0 Å². The van der Waals surface area contributed by atoms with Crippen molar-refractivity contribution in [3.8, 4) is 6.07 Å². The second kappa shape index (κ2) is 6.02. The SMILES string of the molecule is C[C@@H]1CC(=O)C2=C(C1)O[C@H](N)[C@@H](C#N)[C@@H]2c1ccc2ccccc2c1. The molecule has 25 heavy (non-hydrogen) atoms. The van der Waals surface area contributed by atoms with Gasteiger partial charge in [0.15, 0.2) is 12.0 Å². The van der Waals surface area contributed by atoms with Gasteiger partial charge in [-0.05, 0) is 22.3 Å².